The number of carbonyl (C=O) groups excluding carboxylic acids is 3. The van der Waals surface area contributed by atoms with Crippen LogP contribution in [0.3, 0.4) is 0 Å². The van der Waals surface area contributed by atoms with Crippen LogP contribution in [0, 0.1) is 6.92 Å². The molecule has 0 aliphatic heterocycles. The van der Waals surface area contributed by atoms with Crippen LogP contribution < -0.4 is 10.6 Å². The number of hydrogen-bond donors (Lipinski definition) is 2. The summed E-state index contributed by atoms with van der Waals surface area (Å²) in [4.78, 5) is 36.2. The predicted octanol–water partition coefficient (Wildman–Crippen LogP) is 3.54. The van der Waals surface area contributed by atoms with E-state index in [2.05, 4.69) is 20.1 Å². The zero-order valence-corrected chi connectivity index (χ0v) is 16.3. The van der Waals surface area contributed by atoms with Crippen LogP contribution >= 0.6 is 11.6 Å². The molecule has 1 amide bonds. The maximum Gasteiger partial charge on any atom is 0.354 e. The molecule has 0 spiro atoms. The number of methoxy groups -OCH3 is 2. The second kappa shape index (κ2) is 9.57. The van der Waals surface area contributed by atoms with Gasteiger partial charge < -0.3 is 20.1 Å². The van der Waals surface area contributed by atoms with Crippen LogP contribution in [0.1, 0.15) is 15.9 Å². The van der Waals surface area contributed by atoms with Gasteiger partial charge >= 0.3 is 11.9 Å². The van der Waals surface area contributed by atoms with Gasteiger partial charge in [-0.3, -0.25) is 4.79 Å². The molecule has 0 aromatic heterocycles. The Morgan fingerprint density at radius 3 is 2.36 bits per heavy atom. The lowest BCUT2D eigenvalue weighted by molar-refractivity contribution is -0.138. The van der Waals surface area contributed by atoms with Gasteiger partial charge in [-0.1, -0.05) is 29.8 Å². The summed E-state index contributed by atoms with van der Waals surface area (Å²) in [7, 11) is 2.36. The maximum absolute atomic E-state index is 12.7. The van der Waals surface area contributed by atoms with E-state index >= 15 is 0 Å². The number of rotatable bonds is 6. The second-order valence-corrected chi connectivity index (χ2v) is 6.07. The normalized spacial score (nSPS) is 10.8. The van der Waals surface area contributed by atoms with Crippen molar-refractivity contribution in [1.82, 2.24) is 0 Å². The summed E-state index contributed by atoms with van der Waals surface area (Å²) < 4.78 is 9.19. The van der Waals surface area contributed by atoms with Crippen LogP contribution in [-0.2, 0) is 19.1 Å². The van der Waals surface area contributed by atoms with Crippen molar-refractivity contribution >= 4 is 40.8 Å². The van der Waals surface area contributed by atoms with Gasteiger partial charge in [0.05, 0.1) is 31.5 Å². The molecule has 28 heavy (non-hydrogen) atoms. The summed E-state index contributed by atoms with van der Waals surface area (Å²) in [5.74, 6) is -1.96. The van der Waals surface area contributed by atoms with Gasteiger partial charge in [-0.25, -0.2) is 9.59 Å². The number of ether oxygens (including phenoxy) is 2. The Balaban J connectivity index is 2.31. The first-order chi connectivity index (χ1) is 13.3. The SMILES string of the molecule is COC(=O)/C=C(/Nc1ccccc1C(=O)Nc1ccc(C)c(Cl)c1)C(=O)OC. The standard InChI is InChI=1S/C20H19ClN2O5/c1-12-8-9-13(10-15(12)21)22-19(25)14-6-4-5-7-16(14)23-17(20(26)28-3)11-18(24)27-2/h4-11,23H,1-3H3,(H,22,25)/b17-11+. The van der Waals surface area contributed by atoms with Crippen molar-refractivity contribution in [3.63, 3.8) is 0 Å². The van der Waals surface area contributed by atoms with E-state index in [1.165, 1.54) is 14.2 Å². The first kappa shape index (κ1) is 21.0. The zero-order chi connectivity index (χ0) is 20.7. The van der Waals surface area contributed by atoms with Crippen LogP contribution in [0.2, 0.25) is 5.02 Å². The zero-order valence-electron chi connectivity index (χ0n) is 15.5. The predicted molar refractivity (Wildman–Crippen MR) is 106 cm³/mol. The number of halogens is 1. The highest BCUT2D eigenvalue weighted by molar-refractivity contribution is 6.31. The van der Waals surface area contributed by atoms with Crippen molar-refractivity contribution in [3.05, 3.63) is 70.4 Å². The lowest BCUT2D eigenvalue weighted by atomic mass is 10.1. The molecular formula is C20H19ClN2O5. The molecule has 0 unspecified atom stereocenters. The van der Waals surface area contributed by atoms with E-state index in [9.17, 15) is 14.4 Å². The van der Waals surface area contributed by atoms with Crippen LogP contribution in [0.5, 0.6) is 0 Å². The first-order valence-electron chi connectivity index (χ1n) is 8.17. The quantitative estimate of drug-likeness (QED) is 0.567. The number of para-hydroxylation sites is 1. The van der Waals surface area contributed by atoms with E-state index in [0.29, 0.717) is 16.4 Å². The highest BCUT2D eigenvalue weighted by Gasteiger charge is 2.17. The molecule has 0 heterocycles. The molecular weight excluding hydrogens is 384 g/mol. The molecule has 0 aliphatic carbocycles. The molecule has 0 atom stereocenters. The van der Waals surface area contributed by atoms with Crippen LogP contribution in [0.25, 0.3) is 0 Å². The Labute approximate surface area is 167 Å². The third-order valence-corrected chi connectivity index (χ3v) is 4.15. The number of esters is 2. The highest BCUT2D eigenvalue weighted by Crippen LogP contribution is 2.23. The minimum atomic E-state index is -0.786. The molecule has 0 fully saturated rings. The summed E-state index contributed by atoms with van der Waals surface area (Å²) in [6, 6.07) is 11.7. The van der Waals surface area contributed by atoms with Crippen molar-refractivity contribution in [2.45, 2.75) is 6.92 Å². The van der Waals surface area contributed by atoms with Gasteiger partial charge in [0.25, 0.3) is 5.91 Å². The summed E-state index contributed by atoms with van der Waals surface area (Å²) in [5.41, 5.74) is 1.79. The van der Waals surface area contributed by atoms with E-state index in [-0.39, 0.29) is 11.3 Å². The van der Waals surface area contributed by atoms with E-state index in [1.54, 1.807) is 42.5 Å². The molecule has 2 aromatic carbocycles. The Hall–Kier alpha value is -3.32. The second-order valence-electron chi connectivity index (χ2n) is 5.66. The minimum absolute atomic E-state index is 0.173. The number of carbonyl (C=O) groups is 3. The smallest absolute Gasteiger partial charge is 0.354 e. The van der Waals surface area contributed by atoms with E-state index < -0.39 is 17.8 Å². The third kappa shape index (κ3) is 5.34. The van der Waals surface area contributed by atoms with Crippen LogP contribution in [0.4, 0.5) is 11.4 Å². The van der Waals surface area contributed by atoms with Gasteiger partial charge in [0.1, 0.15) is 5.70 Å². The van der Waals surface area contributed by atoms with E-state index in [1.807, 2.05) is 6.92 Å². The molecule has 146 valence electrons. The number of aryl methyl sites for hydroxylation is 1. The van der Waals surface area contributed by atoms with Crippen LogP contribution in [-0.4, -0.2) is 32.1 Å². The van der Waals surface area contributed by atoms with Crippen molar-refractivity contribution in [2.24, 2.45) is 0 Å². The number of nitrogens with one attached hydrogen (secondary N) is 2. The summed E-state index contributed by atoms with van der Waals surface area (Å²) in [6.45, 7) is 1.86. The third-order valence-electron chi connectivity index (χ3n) is 3.74. The fraction of sp³-hybridized carbons (Fsp3) is 0.150. The molecule has 0 aliphatic rings. The van der Waals surface area contributed by atoms with Gasteiger partial charge in [0, 0.05) is 10.7 Å². The Morgan fingerprint density at radius 1 is 1.00 bits per heavy atom. The number of anilines is 2. The molecule has 0 saturated carbocycles. The van der Waals surface area contributed by atoms with Crippen molar-refractivity contribution in [2.75, 3.05) is 24.9 Å². The van der Waals surface area contributed by atoms with Gasteiger partial charge in [-0.2, -0.15) is 0 Å². The van der Waals surface area contributed by atoms with E-state index in [0.717, 1.165) is 11.6 Å². The van der Waals surface area contributed by atoms with Gasteiger partial charge in [-0.05, 0) is 36.8 Å². The summed E-state index contributed by atoms with van der Waals surface area (Å²) >= 11 is 6.09. The topological polar surface area (TPSA) is 93.7 Å². The molecule has 7 nitrogen and oxygen atoms in total. The summed E-state index contributed by atoms with van der Waals surface area (Å²) in [5, 5.41) is 6.02. The van der Waals surface area contributed by atoms with Crippen molar-refractivity contribution in [3.8, 4) is 0 Å². The van der Waals surface area contributed by atoms with Gasteiger partial charge in [0.15, 0.2) is 0 Å². The average molecular weight is 403 g/mol. The Kier molecular flexibility index (Phi) is 7.17. The average Bonchev–Trinajstić information content (AvgIpc) is 2.69. The first-order valence-corrected chi connectivity index (χ1v) is 8.55. The summed E-state index contributed by atoms with van der Waals surface area (Å²) in [6.07, 6.45) is 0.945. The molecule has 0 radical (unpaired) electrons. The Bertz CT molecular complexity index is 940. The fourth-order valence-electron chi connectivity index (χ4n) is 2.24. The van der Waals surface area contributed by atoms with Crippen molar-refractivity contribution < 1.29 is 23.9 Å². The molecule has 0 saturated heterocycles. The monoisotopic (exact) mass is 402 g/mol. The molecule has 2 N–H and O–H groups in total. The number of amides is 1. The maximum atomic E-state index is 12.7. The van der Waals surface area contributed by atoms with E-state index in [4.69, 9.17) is 11.6 Å². The Morgan fingerprint density at radius 2 is 1.71 bits per heavy atom. The largest absolute Gasteiger partial charge is 0.466 e. The van der Waals surface area contributed by atoms with Crippen LogP contribution in [0.15, 0.2) is 54.2 Å². The number of hydrogen-bond acceptors (Lipinski definition) is 6. The highest BCUT2D eigenvalue weighted by atomic mass is 35.5. The van der Waals surface area contributed by atoms with Gasteiger partial charge in [0.2, 0.25) is 0 Å². The molecule has 8 heteroatoms. The van der Waals surface area contributed by atoms with Gasteiger partial charge in [-0.15, -0.1) is 0 Å². The lowest BCUT2D eigenvalue weighted by Gasteiger charge is -2.14. The minimum Gasteiger partial charge on any atom is -0.466 e. The van der Waals surface area contributed by atoms with Crippen molar-refractivity contribution in [1.29, 1.82) is 0 Å². The molecule has 0 bridgehead atoms. The fourth-order valence-corrected chi connectivity index (χ4v) is 2.42. The molecule has 2 rings (SSSR count). The number of benzene rings is 2. The molecule has 2 aromatic rings. The lowest BCUT2D eigenvalue weighted by Crippen LogP contribution is -2.19.